The smallest absolute Gasteiger partial charge is 0.248 e. The minimum atomic E-state index is -0.452. The number of hydrogen-bond donors (Lipinski definition) is 1. The van der Waals surface area contributed by atoms with Crippen LogP contribution in [-0.2, 0) is 9.59 Å². The summed E-state index contributed by atoms with van der Waals surface area (Å²) in [4.78, 5) is 27.3. The van der Waals surface area contributed by atoms with E-state index < -0.39 is 6.61 Å². The molecule has 5 nitrogen and oxygen atoms in total. The highest BCUT2D eigenvalue weighted by Crippen LogP contribution is 2.41. The molecule has 106 valence electrons. The summed E-state index contributed by atoms with van der Waals surface area (Å²) < 4.78 is 0. The Bertz CT molecular complexity index is 531. The third-order valence-electron chi connectivity index (χ3n) is 4.31. The maximum atomic E-state index is 12.3. The van der Waals surface area contributed by atoms with Crippen molar-refractivity contribution in [1.82, 2.24) is 4.90 Å². The summed E-state index contributed by atoms with van der Waals surface area (Å²) >= 11 is 0. The van der Waals surface area contributed by atoms with E-state index in [0.717, 1.165) is 12.1 Å². The van der Waals surface area contributed by atoms with Crippen LogP contribution in [0.15, 0.2) is 30.3 Å². The molecule has 1 aromatic carbocycles. The first-order chi connectivity index (χ1) is 9.63. The molecule has 3 rings (SSSR count). The van der Waals surface area contributed by atoms with Crippen molar-refractivity contribution in [3.8, 4) is 0 Å². The Morgan fingerprint density at radius 2 is 2.00 bits per heavy atom. The zero-order chi connectivity index (χ0) is 14.2. The molecular formula is C15H18N2O3. The summed E-state index contributed by atoms with van der Waals surface area (Å²) in [6, 6.07) is 9.63. The van der Waals surface area contributed by atoms with Gasteiger partial charge in [-0.1, -0.05) is 18.2 Å². The summed E-state index contributed by atoms with van der Waals surface area (Å²) in [7, 11) is 0. The molecule has 2 aliphatic rings. The fourth-order valence-corrected chi connectivity index (χ4v) is 3.26. The number of rotatable bonds is 2. The Morgan fingerprint density at radius 3 is 2.70 bits per heavy atom. The molecule has 0 radical (unpaired) electrons. The topological polar surface area (TPSA) is 60.9 Å². The molecule has 0 bridgehead atoms. The standard InChI is InChI=1S/C15H18N2O3/c18-9-14(20)16-7-6-15(10-16)8-13(19)17(11-15)12-4-2-1-3-5-12/h1-5,18H,6-11H2. The molecule has 1 unspecified atom stereocenters. The van der Waals surface area contributed by atoms with Gasteiger partial charge in [-0.2, -0.15) is 0 Å². The quantitative estimate of drug-likeness (QED) is 0.860. The minimum Gasteiger partial charge on any atom is -0.387 e. The summed E-state index contributed by atoms with van der Waals surface area (Å²) in [6.45, 7) is 1.41. The zero-order valence-corrected chi connectivity index (χ0v) is 11.3. The van der Waals surface area contributed by atoms with Crippen LogP contribution in [0.3, 0.4) is 0 Å². The van der Waals surface area contributed by atoms with E-state index in [1.165, 1.54) is 0 Å². The van der Waals surface area contributed by atoms with Crippen molar-refractivity contribution in [2.75, 3.05) is 31.1 Å². The number of likely N-dealkylation sites (tertiary alicyclic amines) is 1. The third kappa shape index (κ3) is 2.18. The number of amides is 2. The Balaban J connectivity index is 1.76. The molecule has 2 amide bonds. The summed E-state index contributed by atoms with van der Waals surface area (Å²) in [5.74, 6) is -0.123. The van der Waals surface area contributed by atoms with E-state index in [-0.39, 0.29) is 17.2 Å². The summed E-state index contributed by atoms with van der Waals surface area (Å²) in [5, 5.41) is 8.94. The van der Waals surface area contributed by atoms with Gasteiger partial charge in [0.2, 0.25) is 11.8 Å². The Morgan fingerprint density at radius 1 is 1.25 bits per heavy atom. The minimum absolute atomic E-state index is 0.120. The van der Waals surface area contributed by atoms with E-state index in [1.54, 1.807) is 4.90 Å². The van der Waals surface area contributed by atoms with Crippen molar-refractivity contribution in [3.05, 3.63) is 30.3 Å². The van der Waals surface area contributed by atoms with E-state index in [4.69, 9.17) is 5.11 Å². The molecule has 1 N–H and O–H groups in total. The van der Waals surface area contributed by atoms with Gasteiger partial charge in [0, 0.05) is 37.2 Å². The number of hydrogen-bond acceptors (Lipinski definition) is 3. The highest BCUT2D eigenvalue weighted by Gasteiger charge is 2.48. The number of anilines is 1. The van der Waals surface area contributed by atoms with Crippen LogP contribution in [0.5, 0.6) is 0 Å². The van der Waals surface area contributed by atoms with Crippen LogP contribution in [0.2, 0.25) is 0 Å². The van der Waals surface area contributed by atoms with E-state index in [2.05, 4.69) is 0 Å². The lowest BCUT2D eigenvalue weighted by atomic mass is 9.86. The van der Waals surface area contributed by atoms with Crippen LogP contribution in [0.25, 0.3) is 0 Å². The Kier molecular flexibility index (Phi) is 3.22. The van der Waals surface area contributed by atoms with Gasteiger partial charge in [-0.15, -0.1) is 0 Å². The molecule has 2 aliphatic heterocycles. The highest BCUT2D eigenvalue weighted by molar-refractivity contribution is 5.96. The van der Waals surface area contributed by atoms with E-state index in [9.17, 15) is 9.59 Å². The second kappa shape index (κ2) is 4.90. The molecule has 0 aromatic heterocycles. The molecule has 2 saturated heterocycles. The first kappa shape index (κ1) is 13.1. The lowest BCUT2D eigenvalue weighted by Gasteiger charge is -2.24. The number of benzene rings is 1. The molecule has 5 heteroatoms. The van der Waals surface area contributed by atoms with Crippen LogP contribution in [0.1, 0.15) is 12.8 Å². The fourth-order valence-electron chi connectivity index (χ4n) is 3.26. The lowest BCUT2D eigenvalue weighted by molar-refractivity contribution is -0.133. The van der Waals surface area contributed by atoms with Crippen molar-refractivity contribution >= 4 is 17.5 Å². The largest absolute Gasteiger partial charge is 0.387 e. The van der Waals surface area contributed by atoms with Crippen molar-refractivity contribution in [1.29, 1.82) is 0 Å². The number of carbonyl (C=O) groups is 2. The van der Waals surface area contributed by atoms with Crippen molar-refractivity contribution in [2.24, 2.45) is 5.41 Å². The van der Waals surface area contributed by atoms with E-state index in [0.29, 0.717) is 26.1 Å². The highest BCUT2D eigenvalue weighted by atomic mass is 16.3. The van der Waals surface area contributed by atoms with Gasteiger partial charge >= 0.3 is 0 Å². The van der Waals surface area contributed by atoms with Crippen LogP contribution in [0, 0.1) is 5.41 Å². The average Bonchev–Trinajstić information content (AvgIpc) is 3.03. The van der Waals surface area contributed by atoms with Gasteiger partial charge in [-0.3, -0.25) is 9.59 Å². The molecule has 0 saturated carbocycles. The Hall–Kier alpha value is -1.88. The summed E-state index contributed by atoms with van der Waals surface area (Å²) in [5.41, 5.74) is 0.777. The zero-order valence-electron chi connectivity index (χ0n) is 11.3. The Labute approximate surface area is 117 Å². The summed E-state index contributed by atoms with van der Waals surface area (Å²) in [6.07, 6.45) is 1.31. The first-order valence-electron chi connectivity index (χ1n) is 6.88. The molecule has 1 atom stereocenters. The van der Waals surface area contributed by atoms with E-state index in [1.807, 2.05) is 35.2 Å². The van der Waals surface area contributed by atoms with Crippen LogP contribution in [-0.4, -0.2) is 48.1 Å². The molecule has 1 spiro atoms. The first-order valence-corrected chi connectivity index (χ1v) is 6.88. The molecule has 1 aromatic rings. The average molecular weight is 274 g/mol. The van der Waals surface area contributed by atoms with Gasteiger partial charge in [0.05, 0.1) is 0 Å². The van der Waals surface area contributed by atoms with Crippen molar-refractivity contribution < 1.29 is 14.7 Å². The number of aliphatic hydroxyl groups is 1. The van der Waals surface area contributed by atoms with Crippen LogP contribution < -0.4 is 4.90 Å². The number of para-hydroxylation sites is 1. The SMILES string of the molecule is O=C(CO)N1CCC2(CC(=O)N(c3ccccc3)C2)C1. The normalized spacial score (nSPS) is 25.8. The molecule has 2 heterocycles. The van der Waals surface area contributed by atoms with Crippen LogP contribution >= 0.6 is 0 Å². The van der Waals surface area contributed by atoms with Gasteiger partial charge in [-0.05, 0) is 18.6 Å². The van der Waals surface area contributed by atoms with Crippen LogP contribution in [0.4, 0.5) is 5.69 Å². The van der Waals surface area contributed by atoms with Crippen molar-refractivity contribution in [2.45, 2.75) is 12.8 Å². The predicted molar refractivity (Wildman–Crippen MR) is 74.1 cm³/mol. The second-order valence-electron chi connectivity index (χ2n) is 5.72. The van der Waals surface area contributed by atoms with Gasteiger partial charge in [0.25, 0.3) is 0 Å². The predicted octanol–water partition coefficient (Wildman–Crippen LogP) is 0.634. The van der Waals surface area contributed by atoms with Gasteiger partial charge in [-0.25, -0.2) is 0 Å². The monoisotopic (exact) mass is 274 g/mol. The van der Waals surface area contributed by atoms with E-state index >= 15 is 0 Å². The van der Waals surface area contributed by atoms with Gasteiger partial charge in [0.15, 0.2) is 0 Å². The number of aliphatic hydroxyl groups excluding tert-OH is 1. The second-order valence-corrected chi connectivity index (χ2v) is 5.72. The molecule has 0 aliphatic carbocycles. The van der Waals surface area contributed by atoms with Crippen molar-refractivity contribution in [3.63, 3.8) is 0 Å². The van der Waals surface area contributed by atoms with Gasteiger partial charge in [0.1, 0.15) is 6.61 Å². The maximum absolute atomic E-state index is 12.3. The lowest BCUT2D eigenvalue weighted by Crippen LogP contribution is -2.35. The number of carbonyl (C=O) groups excluding carboxylic acids is 2. The maximum Gasteiger partial charge on any atom is 0.248 e. The number of nitrogens with zero attached hydrogens (tertiary/aromatic N) is 2. The molecule has 2 fully saturated rings. The van der Waals surface area contributed by atoms with Gasteiger partial charge < -0.3 is 14.9 Å². The third-order valence-corrected chi connectivity index (χ3v) is 4.31. The molecule has 20 heavy (non-hydrogen) atoms. The molecular weight excluding hydrogens is 256 g/mol. The fraction of sp³-hybridized carbons (Fsp3) is 0.467.